The Morgan fingerprint density at radius 1 is 1.27 bits per heavy atom. The highest BCUT2D eigenvalue weighted by atomic mass is 32.2. The predicted molar refractivity (Wildman–Crippen MR) is 127 cm³/mol. The van der Waals surface area contributed by atoms with Crippen LogP contribution in [0.15, 0.2) is 40.4 Å². The fourth-order valence-electron chi connectivity index (χ4n) is 3.46. The molecule has 0 saturated carbocycles. The van der Waals surface area contributed by atoms with Crippen LogP contribution in [0.4, 0.5) is 10.9 Å². The molecule has 12 heteroatoms. The molecule has 1 amide bonds. The molecule has 0 atom stereocenters. The number of ether oxygens (including phenoxy) is 2. The number of nitrogens with zero attached hydrogens (tertiary/aromatic N) is 5. The minimum absolute atomic E-state index is 0.114. The zero-order chi connectivity index (χ0) is 22.6. The van der Waals surface area contributed by atoms with Crippen LogP contribution in [0.1, 0.15) is 19.3 Å². The van der Waals surface area contributed by atoms with Gasteiger partial charge >= 0.3 is 0 Å². The van der Waals surface area contributed by atoms with Crippen LogP contribution in [0.2, 0.25) is 0 Å². The average molecular weight is 486 g/mol. The molecule has 33 heavy (non-hydrogen) atoms. The van der Waals surface area contributed by atoms with Crippen molar-refractivity contribution in [1.29, 1.82) is 0 Å². The number of benzene rings is 1. The SMILES string of the molecule is COCCC(=O)Nc1nc2ccc(Sc3nnc4ccc(NC5CCOCC5)nn34)cc2s1. The Hall–Kier alpha value is -2.80. The van der Waals surface area contributed by atoms with Crippen molar-refractivity contribution in [1.82, 2.24) is 24.8 Å². The summed E-state index contributed by atoms with van der Waals surface area (Å²) in [6.07, 6.45) is 2.23. The fraction of sp³-hybridized carbons (Fsp3) is 0.381. The van der Waals surface area contributed by atoms with Crippen molar-refractivity contribution in [3.05, 3.63) is 30.3 Å². The number of nitrogens with one attached hydrogen (secondary N) is 2. The van der Waals surface area contributed by atoms with Gasteiger partial charge in [0, 0.05) is 31.3 Å². The van der Waals surface area contributed by atoms with Gasteiger partial charge in [-0.1, -0.05) is 11.3 Å². The Morgan fingerprint density at radius 2 is 2.15 bits per heavy atom. The number of anilines is 2. The second-order valence-corrected chi connectivity index (χ2v) is 9.62. The van der Waals surface area contributed by atoms with E-state index in [0.717, 1.165) is 47.0 Å². The van der Waals surface area contributed by atoms with Gasteiger partial charge in [0.05, 0.1) is 23.2 Å². The van der Waals surface area contributed by atoms with Crippen molar-refractivity contribution in [2.45, 2.75) is 35.4 Å². The van der Waals surface area contributed by atoms with E-state index in [0.29, 0.717) is 35.0 Å². The molecule has 10 nitrogen and oxygen atoms in total. The molecule has 4 heterocycles. The van der Waals surface area contributed by atoms with Gasteiger partial charge in [-0.3, -0.25) is 4.79 Å². The highest BCUT2D eigenvalue weighted by Crippen LogP contribution is 2.33. The first-order valence-electron chi connectivity index (χ1n) is 10.6. The smallest absolute Gasteiger partial charge is 0.228 e. The number of thiazole rings is 1. The number of hydrogen-bond acceptors (Lipinski definition) is 10. The van der Waals surface area contributed by atoms with Gasteiger partial charge in [-0.25, -0.2) is 4.98 Å². The van der Waals surface area contributed by atoms with Crippen molar-refractivity contribution in [2.24, 2.45) is 0 Å². The lowest BCUT2D eigenvalue weighted by Crippen LogP contribution is -2.28. The van der Waals surface area contributed by atoms with Crippen molar-refractivity contribution in [3.8, 4) is 0 Å². The monoisotopic (exact) mass is 485 g/mol. The van der Waals surface area contributed by atoms with Crippen LogP contribution in [0.3, 0.4) is 0 Å². The number of hydrogen-bond donors (Lipinski definition) is 2. The topological polar surface area (TPSA) is 116 Å². The molecule has 0 radical (unpaired) electrons. The van der Waals surface area contributed by atoms with Crippen molar-refractivity contribution >= 4 is 55.8 Å². The average Bonchev–Trinajstić information content (AvgIpc) is 3.41. The summed E-state index contributed by atoms with van der Waals surface area (Å²) in [6, 6.07) is 10.2. The van der Waals surface area contributed by atoms with Gasteiger partial charge in [0.2, 0.25) is 11.1 Å². The molecule has 1 fully saturated rings. The number of carbonyl (C=O) groups is 1. The molecular formula is C21H23N7O3S2. The predicted octanol–water partition coefficient (Wildman–Crippen LogP) is 3.45. The zero-order valence-electron chi connectivity index (χ0n) is 18.0. The number of amides is 1. The number of fused-ring (bicyclic) bond motifs is 2. The van der Waals surface area contributed by atoms with Crippen molar-refractivity contribution in [2.75, 3.05) is 37.6 Å². The third-order valence-electron chi connectivity index (χ3n) is 5.16. The highest BCUT2D eigenvalue weighted by molar-refractivity contribution is 7.99. The lowest BCUT2D eigenvalue weighted by atomic mass is 10.1. The molecule has 1 saturated heterocycles. The van der Waals surface area contributed by atoms with Crippen LogP contribution in [0, 0.1) is 0 Å². The summed E-state index contributed by atoms with van der Waals surface area (Å²) < 4.78 is 13.1. The summed E-state index contributed by atoms with van der Waals surface area (Å²) in [5.41, 5.74) is 1.52. The van der Waals surface area contributed by atoms with E-state index in [-0.39, 0.29) is 5.91 Å². The minimum atomic E-state index is -0.114. The van der Waals surface area contributed by atoms with E-state index in [4.69, 9.17) is 14.6 Å². The van der Waals surface area contributed by atoms with Crippen molar-refractivity contribution in [3.63, 3.8) is 0 Å². The van der Waals surface area contributed by atoms with Gasteiger partial charge in [0.1, 0.15) is 5.82 Å². The maximum atomic E-state index is 11.9. The van der Waals surface area contributed by atoms with Gasteiger partial charge in [-0.05, 0) is 54.9 Å². The summed E-state index contributed by atoms with van der Waals surface area (Å²) >= 11 is 2.92. The van der Waals surface area contributed by atoms with Gasteiger partial charge in [-0.2, -0.15) is 4.52 Å². The number of aromatic nitrogens is 5. The highest BCUT2D eigenvalue weighted by Gasteiger charge is 2.16. The van der Waals surface area contributed by atoms with Crippen LogP contribution in [-0.2, 0) is 14.3 Å². The quantitative estimate of drug-likeness (QED) is 0.387. The Bertz CT molecular complexity index is 1270. The fourth-order valence-corrected chi connectivity index (χ4v) is 5.29. The molecule has 0 aliphatic carbocycles. The minimum Gasteiger partial charge on any atom is -0.384 e. The number of methoxy groups -OCH3 is 1. The van der Waals surface area contributed by atoms with Crippen LogP contribution in [0.5, 0.6) is 0 Å². The van der Waals surface area contributed by atoms with Gasteiger partial charge in [0.15, 0.2) is 10.8 Å². The molecule has 1 aromatic carbocycles. The lowest BCUT2D eigenvalue weighted by molar-refractivity contribution is -0.117. The molecule has 3 aromatic heterocycles. The Kier molecular flexibility index (Phi) is 6.67. The summed E-state index contributed by atoms with van der Waals surface area (Å²) in [5, 5.41) is 20.8. The summed E-state index contributed by atoms with van der Waals surface area (Å²) in [5.74, 6) is 0.680. The standard InChI is InChI=1S/C21H23N7O3S2/c1-30-9-8-19(29)24-20-23-15-3-2-14(12-16(15)33-20)32-21-26-25-18-5-4-17(27-28(18)21)22-13-6-10-31-11-7-13/h2-5,12-13H,6-11H2,1H3,(H,22,27)(H,23,24,29). The van der Waals surface area contributed by atoms with Gasteiger partial charge < -0.3 is 20.1 Å². The van der Waals surface area contributed by atoms with Crippen LogP contribution < -0.4 is 10.6 Å². The molecule has 2 N–H and O–H groups in total. The first kappa shape index (κ1) is 22.0. The number of rotatable bonds is 8. The van der Waals surface area contributed by atoms with E-state index in [2.05, 4.69) is 25.8 Å². The molecule has 1 aliphatic heterocycles. The molecule has 5 rings (SSSR count). The normalized spacial score (nSPS) is 14.7. The summed E-state index contributed by atoms with van der Waals surface area (Å²) in [4.78, 5) is 17.4. The molecule has 1 aliphatic rings. The molecule has 0 unspecified atom stereocenters. The zero-order valence-corrected chi connectivity index (χ0v) is 19.6. The van der Waals surface area contributed by atoms with Crippen molar-refractivity contribution < 1.29 is 14.3 Å². The second-order valence-electron chi connectivity index (χ2n) is 7.54. The lowest BCUT2D eigenvalue weighted by Gasteiger charge is -2.23. The molecule has 0 bridgehead atoms. The number of carbonyl (C=O) groups excluding carboxylic acids is 1. The van der Waals surface area contributed by atoms with Gasteiger partial charge in [-0.15, -0.1) is 15.3 Å². The summed E-state index contributed by atoms with van der Waals surface area (Å²) in [7, 11) is 1.57. The summed E-state index contributed by atoms with van der Waals surface area (Å²) in [6.45, 7) is 1.92. The van der Waals surface area contributed by atoms with E-state index in [1.54, 1.807) is 11.6 Å². The van der Waals surface area contributed by atoms with Crippen LogP contribution in [-0.4, -0.2) is 63.7 Å². The Morgan fingerprint density at radius 3 is 3.00 bits per heavy atom. The first-order chi connectivity index (χ1) is 16.2. The molecule has 0 spiro atoms. The van der Waals surface area contributed by atoms with Gasteiger partial charge in [0.25, 0.3) is 0 Å². The molecular weight excluding hydrogens is 462 g/mol. The third-order valence-corrected chi connectivity index (χ3v) is 7.02. The third kappa shape index (κ3) is 5.24. The van der Waals surface area contributed by atoms with Crippen LogP contribution in [0.25, 0.3) is 15.9 Å². The van der Waals surface area contributed by atoms with E-state index < -0.39 is 0 Å². The molecule has 172 valence electrons. The molecule has 4 aromatic rings. The maximum absolute atomic E-state index is 11.9. The maximum Gasteiger partial charge on any atom is 0.228 e. The largest absolute Gasteiger partial charge is 0.384 e. The van der Waals surface area contributed by atoms with E-state index in [1.807, 2.05) is 30.3 Å². The van der Waals surface area contributed by atoms with Crippen LogP contribution >= 0.6 is 23.1 Å². The van der Waals surface area contributed by atoms with E-state index in [9.17, 15) is 4.79 Å². The van der Waals surface area contributed by atoms with E-state index >= 15 is 0 Å². The Balaban J connectivity index is 1.32. The van der Waals surface area contributed by atoms with E-state index in [1.165, 1.54) is 23.1 Å². The first-order valence-corrected chi connectivity index (χ1v) is 12.3. The second kappa shape index (κ2) is 10.00. The Labute approximate surface area is 198 Å².